The molecule has 3 fully saturated rings. The first-order valence-electron chi connectivity index (χ1n) is 9.66. The van der Waals surface area contributed by atoms with Crippen LogP contribution < -0.4 is 16.4 Å². The van der Waals surface area contributed by atoms with Gasteiger partial charge in [0.05, 0.1) is 17.0 Å². The number of hydrogen-bond donors (Lipinski definition) is 3. The molecule has 3 aliphatic carbocycles. The molecule has 0 aromatic carbocycles. The SMILES string of the molecule is CC(=O)NCC#Cc1nn2c(NC34CCCC(N)(C3)C4)cccc2c1SC(F)(F)F. The zero-order valence-electron chi connectivity index (χ0n) is 16.4. The molecule has 2 aromatic rings. The van der Waals surface area contributed by atoms with Crippen molar-refractivity contribution in [2.75, 3.05) is 11.9 Å². The first-order valence-corrected chi connectivity index (χ1v) is 10.5. The minimum Gasteiger partial charge on any atom is -0.364 e. The second-order valence-electron chi connectivity index (χ2n) is 8.12. The Kier molecular flexibility index (Phi) is 5.14. The summed E-state index contributed by atoms with van der Waals surface area (Å²) in [6.45, 7) is 1.38. The summed E-state index contributed by atoms with van der Waals surface area (Å²) in [6.07, 6.45) is 4.67. The summed E-state index contributed by atoms with van der Waals surface area (Å²) in [7, 11) is 0. The van der Waals surface area contributed by atoms with Gasteiger partial charge in [-0.25, -0.2) is 4.52 Å². The van der Waals surface area contributed by atoms with Crippen LogP contribution in [0.2, 0.25) is 0 Å². The molecule has 0 radical (unpaired) electrons. The van der Waals surface area contributed by atoms with E-state index in [0.717, 1.165) is 32.1 Å². The van der Waals surface area contributed by atoms with Gasteiger partial charge in [-0.2, -0.15) is 18.3 Å². The van der Waals surface area contributed by atoms with Crippen molar-refractivity contribution in [3.63, 3.8) is 0 Å². The maximum Gasteiger partial charge on any atom is 0.446 e. The van der Waals surface area contributed by atoms with E-state index < -0.39 is 5.51 Å². The van der Waals surface area contributed by atoms with Crippen LogP contribution in [0.4, 0.5) is 19.0 Å². The fourth-order valence-corrected chi connectivity index (χ4v) is 5.27. The van der Waals surface area contributed by atoms with Gasteiger partial charge in [0.25, 0.3) is 0 Å². The van der Waals surface area contributed by atoms with Gasteiger partial charge in [0, 0.05) is 18.0 Å². The molecule has 3 aliphatic rings. The molecule has 0 saturated heterocycles. The summed E-state index contributed by atoms with van der Waals surface area (Å²) < 4.78 is 41.1. The van der Waals surface area contributed by atoms with E-state index in [1.807, 2.05) is 0 Å². The Morgan fingerprint density at radius 3 is 2.80 bits per heavy atom. The molecule has 160 valence electrons. The molecule has 5 rings (SSSR count). The number of nitrogens with two attached hydrogens (primary N) is 1. The number of anilines is 1. The summed E-state index contributed by atoms with van der Waals surface area (Å²) in [5.74, 6) is 5.69. The van der Waals surface area contributed by atoms with Crippen LogP contribution in [0.25, 0.3) is 5.52 Å². The zero-order chi connectivity index (χ0) is 21.6. The van der Waals surface area contributed by atoms with Gasteiger partial charge in [0.2, 0.25) is 5.91 Å². The van der Waals surface area contributed by atoms with Crippen molar-refractivity contribution < 1.29 is 18.0 Å². The molecule has 6 nitrogen and oxygen atoms in total. The van der Waals surface area contributed by atoms with Gasteiger partial charge in [-0.3, -0.25) is 4.79 Å². The molecule has 30 heavy (non-hydrogen) atoms. The number of rotatable bonds is 4. The fraction of sp³-hybridized carbons (Fsp3) is 0.500. The quantitative estimate of drug-likeness (QED) is 0.505. The molecule has 4 N–H and O–H groups in total. The smallest absolute Gasteiger partial charge is 0.364 e. The molecule has 3 saturated carbocycles. The number of carbonyl (C=O) groups is 1. The third-order valence-electron chi connectivity index (χ3n) is 5.57. The average molecular weight is 437 g/mol. The van der Waals surface area contributed by atoms with Gasteiger partial charge in [0.15, 0.2) is 0 Å². The van der Waals surface area contributed by atoms with Crippen LogP contribution in [-0.4, -0.2) is 38.7 Å². The van der Waals surface area contributed by atoms with Crippen molar-refractivity contribution in [2.45, 2.75) is 60.5 Å². The lowest BCUT2D eigenvalue weighted by Gasteiger charge is -2.59. The minimum atomic E-state index is -4.48. The second-order valence-corrected chi connectivity index (χ2v) is 9.20. The molecule has 0 spiro atoms. The van der Waals surface area contributed by atoms with Gasteiger partial charge in [-0.15, -0.1) is 0 Å². The second kappa shape index (κ2) is 7.39. The van der Waals surface area contributed by atoms with E-state index in [-0.39, 0.29) is 45.9 Å². The lowest BCUT2D eigenvalue weighted by Crippen LogP contribution is -2.68. The van der Waals surface area contributed by atoms with Gasteiger partial charge in [0.1, 0.15) is 11.5 Å². The summed E-state index contributed by atoms with van der Waals surface area (Å²) in [5.41, 5.74) is 1.95. The topological polar surface area (TPSA) is 84.5 Å². The van der Waals surface area contributed by atoms with Crippen LogP contribution in [0.1, 0.15) is 44.7 Å². The number of thioether (sulfide) groups is 1. The lowest BCUT2D eigenvalue weighted by molar-refractivity contribution is -0.118. The van der Waals surface area contributed by atoms with Gasteiger partial charge in [-0.05, 0) is 61.9 Å². The highest BCUT2D eigenvalue weighted by atomic mass is 32.2. The lowest BCUT2D eigenvalue weighted by atomic mass is 9.55. The molecule has 1 amide bonds. The van der Waals surface area contributed by atoms with E-state index in [0.29, 0.717) is 11.3 Å². The van der Waals surface area contributed by atoms with E-state index in [1.54, 1.807) is 18.2 Å². The van der Waals surface area contributed by atoms with Crippen molar-refractivity contribution >= 4 is 29.0 Å². The number of fused-ring (bicyclic) bond motifs is 3. The van der Waals surface area contributed by atoms with Gasteiger partial charge in [-0.1, -0.05) is 12.0 Å². The first kappa shape index (κ1) is 20.9. The molecule has 2 heterocycles. The zero-order valence-corrected chi connectivity index (χ0v) is 17.2. The highest BCUT2D eigenvalue weighted by Crippen LogP contribution is 2.52. The van der Waals surface area contributed by atoms with Crippen LogP contribution in [0.15, 0.2) is 23.1 Å². The predicted octanol–water partition coefficient (Wildman–Crippen LogP) is 3.26. The number of nitrogens with one attached hydrogen (secondary N) is 2. The number of alkyl halides is 3. The summed E-state index contributed by atoms with van der Waals surface area (Å²) >= 11 is -0.230. The summed E-state index contributed by atoms with van der Waals surface area (Å²) in [6, 6.07) is 5.11. The van der Waals surface area contributed by atoms with Crippen LogP contribution in [0.5, 0.6) is 0 Å². The average Bonchev–Trinajstić information content (AvgIpc) is 2.95. The molecular weight excluding hydrogens is 415 g/mol. The van der Waals surface area contributed by atoms with E-state index >= 15 is 0 Å². The Balaban J connectivity index is 1.69. The van der Waals surface area contributed by atoms with Crippen molar-refractivity contribution in [1.29, 1.82) is 0 Å². The minimum absolute atomic E-state index is 0.0276. The Morgan fingerprint density at radius 1 is 1.37 bits per heavy atom. The largest absolute Gasteiger partial charge is 0.446 e. The highest BCUT2D eigenvalue weighted by molar-refractivity contribution is 8.00. The van der Waals surface area contributed by atoms with Crippen LogP contribution in [0, 0.1) is 11.8 Å². The van der Waals surface area contributed by atoms with E-state index in [9.17, 15) is 18.0 Å². The van der Waals surface area contributed by atoms with Crippen LogP contribution in [-0.2, 0) is 4.79 Å². The van der Waals surface area contributed by atoms with Gasteiger partial charge < -0.3 is 16.4 Å². The van der Waals surface area contributed by atoms with Crippen molar-refractivity contribution in [1.82, 2.24) is 14.9 Å². The number of nitrogens with zero attached hydrogens (tertiary/aromatic N) is 2. The third-order valence-corrected chi connectivity index (χ3v) is 6.40. The molecule has 2 bridgehead atoms. The standard InChI is InChI=1S/C20H22F3N5OS/c1-13(29)25-10-3-5-14-17(30-20(21,22)23)15-6-2-7-16(28(15)27-14)26-19-9-4-8-18(24,11-19)12-19/h2,6-7,26H,4,8-12,24H2,1H3,(H,25,29). The Hall–Kier alpha value is -2.38. The summed E-state index contributed by atoms with van der Waals surface area (Å²) in [5, 5.41) is 10.4. The Morgan fingerprint density at radius 2 is 2.13 bits per heavy atom. The van der Waals surface area contributed by atoms with E-state index in [1.165, 1.54) is 11.4 Å². The number of amides is 1. The predicted molar refractivity (Wildman–Crippen MR) is 109 cm³/mol. The third kappa shape index (κ3) is 4.23. The molecule has 2 aromatic heterocycles. The maximum absolute atomic E-state index is 13.2. The number of hydrogen-bond acceptors (Lipinski definition) is 5. The molecule has 0 atom stereocenters. The fourth-order valence-electron chi connectivity index (χ4n) is 4.59. The van der Waals surface area contributed by atoms with Crippen LogP contribution >= 0.6 is 11.8 Å². The van der Waals surface area contributed by atoms with E-state index in [2.05, 4.69) is 27.6 Å². The Bertz CT molecular complexity index is 1050. The Labute approximate surface area is 176 Å². The van der Waals surface area contributed by atoms with Crippen molar-refractivity contribution in [3.8, 4) is 11.8 Å². The normalized spacial score (nSPS) is 25.2. The number of halogens is 3. The molecule has 0 unspecified atom stereocenters. The number of pyridine rings is 1. The number of carbonyl (C=O) groups excluding carboxylic acids is 1. The van der Waals surface area contributed by atoms with Crippen LogP contribution in [0.3, 0.4) is 0 Å². The first-order chi connectivity index (χ1) is 14.1. The maximum atomic E-state index is 13.2. The van der Waals surface area contributed by atoms with Gasteiger partial charge >= 0.3 is 5.51 Å². The number of aromatic nitrogens is 2. The molecule has 0 aliphatic heterocycles. The highest BCUT2D eigenvalue weighted by Gasteiger charge is 2.55. The molecule has 10 heteroatoms. The summed E-state index contributed by atoms with van der Waals surface area (Å²) in [4.78, 5) is 10.9. The monoisotopic (exact) mass is 437 g/mol. The van der Waals surface area contributed by atoms with Crippen molar-refractivity contribution in [2.24, 2.45) is 5.73 Å². The molecular formula is C20H22F3N5OS. The van der Waals surface area contributed by atoms with E-state index in [4.69, 9.17) is 5.73 Å². The van der Waals surface area contributed by atoms with Crippen molar-refractivity contribution in [3.05, 3.63) is 23.9 Å².